The van der Waals surface area contributed by atoms with Gasteiger partial charge in [0.2, 0.25) is 11.7 Å². The van der Waals surface area contributed by atoms with Crippen LogP contribution in [0.1, 0.15) is 32.4 Å². The molecule has 0 radical (unpaired) electrons. The second kappa shape index (κ2) is 6.99. The molecule has 25 heavy (non-hydrogen) atoms. The highest BCUT2D eigenvalue weighted by molar-refractivity contribution is 5.82. The monoisotopic (exact) mass is 350 g/mol. The lowest BCUT2D eigenvalue weighted by atomic mass is 10.2. The van der Waals surface area contributed by atoms with E-state index in [2.05, 4.69) is 15.3 Å². The van der Waals surface area contributed by atoms with Gasteiger partial charge < -0.3 is 10.2 Å². The number of nitrogens with one attached hydrogen (secondary N) is 1. The minimum Gasteiger partial charge on any atom is -0.352 e. The molecule has 2 aliphatic rings. The molecule has 1 unspecified atom stereocenters. The molecule has 1 amide bonds. The Balaban J connectivity index is 1.67. The molecular weight excluding hydrogens is 324 g/mol. The standard InChI is InChI=1S/C16H26N6O3/c1-4-13-14(22(24)25)16(19(3)18-13)21-9-7-20(8-10-21)11(2)15(23)17-12-5-6-12/h11-12H,4-10H2,1-3H3,(H,17,23). The van der Waals surface area contributed by atoms with Crippen LogP contribution in [0.3, 0.4) is 0 Å². The topological polar surface area (TPSA) is 96.5 Å². The number of rotatable bonds is 6. The Morgan fingerprint density at radius 3 is 2.52 bits per heavy atom. The lowest BCUT2D eigenvalue weighted by Crippen LogP contribution is -2.54. The Morgan fingerprint density at radius 1 is 1.36 bits per heavy atom. The van der Waals surface area contributed by atoms with E-state index in [-0.39, 0.29) is 22.6 Å². The summed E-state index contributed by atoms with van der Waals surface area (Å²) < 4.78 is 1.61. The Hall–Kier alpha value is -2.16. The van der Waals surface area contributed by atoms with Crippen LogP contribution in [0.2, 0.25) is 0 Å². The zero-order valence-corrected chi connectivity index (χ0v) is 15.1. The van der Waals surface area contributed by atoms with Crippen LogP contribution in [0.5, 0.6) is 0 Å². The number of aryl methyl sites for hydroxylation is 2. The SMILES string of the molecule is CCc1nn(C)c(N2CCN(C(C)C(=O)NC3CC3)CC2)c1[N+](=O)[O-]. The molecule has 1 aliphatic carbocycles. The number of hydrogen-bond donors (Lipinski definition) is 1. The molecule has 1 N–H and O–H groups in total. The summed E-state index contributed by atoms with van der Waals surface area (Å²) in [7, 11) is 1.75. The van der Waals surface area contributed by atoms with Gasteiger partial charge in [0.15, 0.2) is 0 Å². The highest BCUT2D eigenvalue weighted by Gasteiger charge is 2.34. The van der Waals surface area contributed by atoms with Crippen molar-refractivity contribution in [2.24, 2.45) is 7.05 Å². The molecule has 0 aromatic carbocycles. The van der Waals surface area contributed by atoms with E-state index < -0.39 is 0 Å². The number of nitro groups is 1. The number of piperazine rings is 1. The van der Waals surface area contributed by atoms with Gasteiger partial charge in [0, 0.05) is 39.3 Å². The van der Waals surface area contributed by atoms with Crippen molar-refractivity contribution >= 4 is 17.4 Å². The second-order valence-corrected chi connectivity index (χ2v) is 6.84. The molecule has 1 aromatic rings. The van der Waals surface area contributed by atoms with Crippen LogP contribution in [0, 0.1) is 10.1 Å². The van der Waals surface area contributed by atoms with Gasteiger partial charge in [-0.05, 0) is 26.2 Å². The predicted octanol–water partition coefficient (Wildman–Crippen LogP) is 0.680. The number of carbonyl (C=O) groups excluding carboxylic acids is 1. The number of nitrogens with zero attached hydrogens (tertiary/aromatic N) is 5. The van der Waals surface area contributed by atoms with Crippen molar-refractivity contribution in [3.8, 4) is 0 Å². The number of carbonyl (C=O) groups is 1. The third-order valence-electron chi connectivity index (χ3n) is 5.04. The van der Waals surface area contributed by atoms with Crippen molar-refractivity contribution in [2.45, 2.75) is 45.2 Å². The summed E-state index contributed by atoms with van der Waals surface area (Å²) in [5, 5.41) is 18.8. The van der Waals surface area contributed by atoms with Crippen LogP contribution in [0.4, 0.5) is 11.5 Å². The Labute approximate surface area is 147 Å². The van der Waals surface area contributed by atoms with E-state index in [4.69, 9.17) is 0 Å². The highest BCUT2D eigenvalue weighted by atomic mass is 16.6. The van der Waals surface area contributed by atoms with Crippen molar-refractivity contribution in [1.29, 1.82) is 0 Å². The molecule has 9 heteroatoms. The molecule has 2 fully saturated rings. The summed E-state index contributed by atoms with van der Waals surface area (Å²) >= 11 is 0. The molecule has 1 saturated heterocycles. The summed E-state index contributed by atoms with van der Waals surface area (Å²) in [6, 6.07) is 0.191. The fourth-order valence-electron chi connectivity index (χ4n) is 3.37. The van der Waals surface area contributed by atoms with E-state index in [9.17, 15) is 14.9 Å². The zero-order chi connectivity index (χ0) is 18.1. The van der Waals surface area contributed by atoms with Gasteiger partial charge in [0.25, 0.3) is 0 Å². The van der Waals surface area contributed by atoms with Crippen LogP contribution in [-0.2, 0) is 18.3 Å². The van der Waals surface area contributed by atoms with Crippen LogP contribution >= 0.6 is 0 Å². The van der Waals surface area contributed by atoms with Gasteiger partial charge in [0.1, 0.15) is 5.69 Å². The maximum atomic E-state index is 12.2. The Kier molecular flexibility index (Phi) is 4.94. The predicted molar refractivity (Wildman–Crippen MR) is 93.7 cm³/mol. The molecule has 3 rings (SSSR count). The quantitative estimate of drug-likeness (QED) is 0.599. The molecule has 0 spiro atoms. The van der Waals surface area contributed by atoms with E-state index in [1.54, 1.807) is 11.7 Å². The van der Waals surface area contributed by atoms with Gasteiger partial charge in [-0.15, -0.1) is 0 Å². The number of aromatic nitrogens is 2. The van der Waals surface area contributed by atoms with Crippen molar-refractivity contribution < 1.29 is 9.72 Å². The maximum absolute atomic E-state index is 12.2. The average molecular weight is 350 g/mol. The fraction of sp³-hybridized carbons (Fsp3) is 0.750. The highest BCUT2D eigenvalue weighted by Crippen LogP contribution is 2.32. The Morgan fingerprint density at radius 2 is 2.00 bits per heavy atom. The van der Waals surface area contributed by atoms with E-state index in [0.29, 0.717) is 50.2 Å². The minimum absolute atomic E-state index is 0.0794. The summed E-state index contributed by atoms with van der Waals surface area (Å²) in [6.07, 6.45) is 2.69. The first kappa shape index (κ1) is 17.7. The lowest BCUT2D eigenvalue weighted by Gasteiger charge is -2.37. The molecule has 1 aliphatic heterocycles. The minimum atomic E-state index is -0.334. The number of hydrogen-bond acceptors (Lipinski definition) is 6. The molecule has 9 nitrogen and oxygen atoms in total. The van der Waals surface area contributed by atoms with E-state index in [1.807, 2.05) is 18.7 Å². The van der Waals surface area contributed by atoms with E-state index in [0.717, 1.165) is 12.8 Å². The molecule has 1 saturated carbocycles. The summed E-state index contributed by atoms with van der Waals surface area (Å²) in [5.74, 6) is 0.646. The third kappa shape index (κ3) is 3.60. The average Bonchev–Trinajstić information content (AvgIpc) is 3.34. The van der Waals surface area contributed by atoms with Crippen molar-refractivity contribution in [3.05, 3.63) is 15.8 Å². The normalized spacial score (nSPS) is 19.7. The molecule has 138 valence electrons. The number of amides is 1. The van der Waals surface area contributed by atoms with Crippen LogP contribution < -0.4 is 10.2 Å². The molecule has 1 aromatic heterocycles. The van der Waals surface area contributed by atoms with Crippen molar-refractivity contribution in [1.82, 2.24) is 20.0 Å². The van der Waals surface area contributed by atoms with Gasteiger partial charge in [-0.3, -0.25) is 19.8 Å². The molecule has 1 atom stereocenters. The Bertz CT molecular complexity index is 661. The third-order valence-corrected chi connectivity index (χ3v) is 5.04. The fourth-order valence-corrected chi connectivity index (χ4v) is 3.37. The molecular formula is C16H26N6O3. The summed E-state index contributed by atoms with van der Waals surface area (Å²) in [4.78, 5) is 27.5. The van der Waals surface area contributed by atoms with Gasteiger partial charge in [-0.25, -0.2) is 4.68 Å². The van der Waals surface area contributed by atoms with Crippen LogP contribution in [-0.4, -0.2) is 63.8 Å². The molecule has 2 heterocycles. The van der Waals surface area contributed by atoms with Crippen molar-refractivity contribution in [2.75, 3.05) is 31.1 Å². The van der Waals surface area contributed by atoms with Crippen LogP contribution in [0.15, 0.2) is 0 Å². The first-order valence-corrected chi connectivity index (χ1v) is 8.92. The van der Waals surface area contributed by atoms with Crippen LogP contribution in [0.25, 0.3) is 0 Å². The summed E-state index contributed by atoms with van der Waals surface area (Å²) in [5.41, 5.74) is 0.625. The summed E-state index contributed by atoms with van der Waals surface area (Å²) in [6.45, 7) is 6.48. The lowest BCUT2D eigenvalue weighted by molar-refractivity contribution is -0.384. The first-order valence-electron chi connectivity index (χ1n) is 8.92. The largest absolute Gasteiger partial charge is 0.352 e. The van der Waals surface area contributed by atoms with Gasteiger partial charge >= 0.3 is 5.69 Å². The van der Waals surface area contributed by atoms with Crippen molar-refractivity contribution in [3.63, 3.8) is 0 Å². The number of anilines is 1. The second-order valence-electron chi connectivity index (χ2n) is 6.84. The van der Waals surface area contributed by atoms with E-state index >= 15 is 0 Å². The van der Waals surface area contributed by atoms with Gasteiger partial charge in [-0.1, -0.05) is 6.92 Å². The van der Waals surface area contributed by atoms with Gasteiger partial charge in [0.05, 0.1) is 11.0 Å². The first-order chi connectivity index (χ1) is 11.9. The smallest absolute Gasteiger partial charge is 0.334 e. The maximum Gasteiger partial charge on any atom is 0.334 e. The zero-order valence-electron chi connectivity index (χ0n) is 15.1. The molecule has 0 bridgehead atoms. The van der Waals surface area contributed by atoms with E-state index in [1.165, 1.54) is 0 Å². The van der Waals surface area contributed by atoms with Gasteiger partial charge in [-0.2, -0.15) is 5.10 Å².